The molecule has 0 saturated carbocycles. The van der Waals surface area contributed by atoms with Crippen molar-refractivity contribution in [2.45, 2.75) is 12.8 Å². The molecule has 0 radical (unpaired) electrons. The Morgan fingerprint density at radius 3 is 2.30 bits per heavy atom. The van der Waals surface area contributed by atoms with Gasteiger partial charge in [0.25, 0.3) is 0 Å². The van der Waals surface area contributed by atoms with Crippen molar-refractivity contribution in [2.75, 3.05) is 0 Å². The maximum atomic E-state index is 12.6. The molecule has 0 atom stereocenters. The van der Waals surface area contributed by atoms with Gasteiger partial charge in [0.05, 0.1) is 16.6 Å². The normalized spacial score (nSPS) is 11.7. The number of nitrogens with zero attached hydrogens (tertiary/aromatic N) is 1. The Bertz CT molecular complexity index is 1050. The van der Waals surface area contributed by atoms with E-state index in [9.17, 15) is 13.2 Å². The zero-order valence-electron chi connectivity index (χ0n) is 14.1. The van der Waals surface area contributed by atoms with Crippen LogP contribution in [0.3, 0.4) is 0 Å². The van der Waals surface area contributed by atoms with Gasteiger partial charge in [-0.3, -0.25) is 0 Å². The lowest BCUT2D eigenvalue weighted by molar-refractivity contribution is -0.137. The molecule has 0 aliphatic carbocycles. The number of benzene rings is 3. The maximum Gasteiger partial charge on any atom is 0.416 e. The summed E-state index contributed by atoms with van der Waals surface area (Å²) < 4.78 is 43.3. The summed E-state index contributed by atoms with van der Waals surface area (Å²) in [6, 6.07) is 20.5. The Morgan fingerprint density at radius 1 is 0.852 bits per heavy atom. The lowest BCUT2D eigenvalue weighted by Gasteiger charge is -2.08. The summed E-state index contributed by atoms with van der Waals surface area (Å²) in [5.41, 5.74) is 3.14. The molecule has 4 aromatic rings. The van der Waals surface area contributed by atoms with E-state index in [1.54, 1.807) is 0 Å². The highest BCUT2D eigenvalue weighted by atomic mass is 19.4. The number of aromatic nitrogens is 2. The molecule has 0 bridgehead atoms. The average molecular weight is 368 g/mol. The number of aromatic amines is 1. The van der Waals surface area contributed by atoms with Crippen LogP contribution >= 0.6 is 0 Å². The molecule has 0 amide bonds. The van der Waals surface area contributed by atoms with Crippen molar-refractivity contribution in [3.05, 3.63) is 84.2 Å². The van der Waals surface area contributed by atoms with Crippen molar-refractivity contribution < 1.29 is 17.9 Å². The van der Waals surface area contributed by atoms with E-state index < -0.39 is 11.7 Å². The number of hydrogen-bond acceptors (Lipinski definition) is 2. The number of ether oxygens (including phenoxy) is 1. The average Bonchev–Trinajstić information content (AvgIpc) is 3.09. The standard InChI is InChI=1S/C21H15F3N2O/c22-21(23,24)16-7-9-17(10-8-16)27-13-20-25-18-11-6-15(12-19(18)26-20)14-4-2-1-3-5-14/h1-12H,13H2,(H,25,26). The second-order valence-electron chi connectivity index (χ2n) is 6.09. The minimum atomic E-state index is -4.35. The molecule has 0 spiro atoms. The molecule has 1 N–H and O–H groups in total. The molecule has 0 fully saturated rings. The number of H-pyrrole nitrogens is 1. The zero-order chi connectivity index (χ0) is 18.9. The van der Waals surface area contributed by atoms with E-state index in [1.165, 1.54) is 12.1 Å². The van der Waals surface area contributed by atoms with E-state index in [2.05, 4.69) is 9.97 Å². The fraction of sp³-hybridized carbons (Fsp3) is 0.0952. The highest BCUT2D eigenvalue weighted by molar-refractivity contribution is 5.81. The molecule has 0 aliphatic heterocycles. The summed E-state index contributed by atoms with van der Waals surface area (Å²) in [7, 11) is 0. The summed E-state index contributed by atoms with van der Waals surface area (Å²) in [4.78, 5) is 7.67. The third-order valence-electron chi connectivity index (χ3n) is 4.20. The maximum absolute atomic E-state index is 12.6. The lowest BCUT2D eigenvalue weighted by Crippen LogP contribution is -2.04. The molecule has 136 valence electrons. The van der Waals surface area contributed by atoms with Crippen LogP contribution in [0.15, 0.2) is 72.8 Å². The van der Waals surface area contributed by atoms with E-state index in [4.69, 9.17) is 4.74 Å². The van der Waals surface area contributed by atoms with Crippen molar-refractivity contribution in [3.63, 3.8) is 0 Å². The van der Waals surface area contributed by atoms with Crippen LogP contribution in [0.2, 0.25) is 0 Å². The first-order valence-corrected chi connectivity index (χ1v) is 8.33. The summed E-state index contributed by atoms with van der Waals surface area (Å²) >= 11 is 0. The van der Waals surface area contributed by atoms with Crippen LogP contribution in [0, 0.1) is 0 Å². The number of halogens is 3. The van der Waals surface area contributed by atoms with Crippen molar-refractivity contribution >= 4 is 11.0 Å². The van der Waals surface area contributed by atoms with Gasteiger partial charge in [-0.05, 0) is 47.5 Å². The van der Waals surface area contributed by atoms with Gasteiger partial charge in [-0.1, -0.05) is 36.4 Å². The Hall–Kier alpha value is -3.28. The van der Waals surface area contributed by atoms with Gasteiger partial charge in [-0.25, -0.2) is 4.98 Å². The van der Waals surface area contributed by atoms with E-state index in [0.29, 0.717) is 11.6 Å². The smallest absolute Gasteiger partial charge is 0.416 e. The van der Waals surface area contributed by atoms with Gasteiger partial charge in [0, 0.05) is 0 Å². The van der Waals surface area contributed by atoms with Crippen molar-refractivity contribution in [1.82, 2.24) is 9.97 Å². The molecule has 3 nitrogen and oxygen atoms in total. The molecule has 6 heteroatoms. The molecule has 1 aromatic heterocycles. The highest BCUT2D eigenvalue weighted by Gasteiger charge is 2.30. The Kier molecular flexibility index (Phi) is 4.32. The van der Waals surface area contributed by atoms with E-state index in [-0.39, 0.29) is 6.61 Å². The van der Waals surface area contributed by atoms with Gasteiger partial charge in [0.1, 0.15) is 18.2 Å². The second kappa shape index (κ2) is 6.79. The monoisotopic (exact) mass is 368 g/mol. The fourth-order valence-electron chi connectivity index (χ4n) is 2.83. The van der Waals surface area contributed by atoms with Crippen molar-refractivity contribution in [1.29, 1.82) is 0 Å². The van der Waals surface area contributed by atoms with Crippen LogP contribution < -0.4 is 4.74 Å². The lowest BCUT2D eigenvalue weighted by atomic mass is 10.1. The van der Waals surface area contributed by atoms with Crippen LogP contribution in [0.4, 0.5) is 13.2 Å². The molecule has 3 aromatic carbocycles. The molecule has 0 saturated heterocycles. The second-order valence-corrected chi connectivity index (χ2v) is 6.09. The van der Waals surface area contributed by atoms with E-state index in [0.717, 1.165) is 34.3 Å². The van der Waals surface area contributed by atoms with E-state index >= 15 is 0 Å². The number of imidazole rings is 1. The summed E-state index contributed by atoms with van der Waals surface area (Å²) in [6.07, 6.45) is -4.35. The first kappa shape index (κ1) is 17.1. The minimum absolute atomic E-state index is 0.140. The first-order valence-electron chi connectivity index (χ1n) is 8.33. The van der Waals surface area contributed by atoms with E-state index in [1.807, 2.05) is 48.5 Å². The van der Waals surface area contributed by atoms with Gasteiger partial charge in [-0.2, -0.15) is 13.2 Å². The van der Waals surface area contributed by atoms with Crippen LogP contribution in [-0.4, -0.2) is 9.97 Å². The summed E-state index contributed by atoms with van der Waals surface area (Å²) in [5.74, 6) is 0.962. The van der Waals surface area contributed by atoms with Crippen LogP contribution in [0.25, 0.3) is 22.2 Å². The third-order valence-corrected chi connectivity index (χ3v) is 4.20. The molecule has 4 rings (SSSR count). The van der Waals surface area contributed by atoms with Crippen LogP contribution in [-0.2, 0) is 12.8 Å². The Morgan fingerprint density at radius 2 is 1.59 bits per heavy atom. The number of rotatable bonds is 4. The van der Waals surface area contributed by atoms with Crippen LogP contribution in [0.5, 0.6) is 5.75 Å². The SMILES string of the molecule is FC(F)(F)c1ccc(OCc2nc3cc(-c4ccccc4)ccc3[nH]2)cc1. The first-order chi connectivity index (χ1) is 13.0. The predicted molar refractivity (Wildman–Crippen MR) is 97.3 cm³/mol. The fourth-order valence-corrected chi connectivity index (χ4v) is 2.83. The largest absolute Gasteiger partial charge is 0.486 e. The molecule has 0 unspecified atom stereocenters. The number of nitrogens with one attached hydrogen (secondary N) is 1. The van der Waals surface area contributed by atoms with Crippen LogP contribution in [0.1, 0.15) is 11.4 Å². The molecule has 1 heterocycles. The molecular formula is C21H15F3N2O. The topological polar surface area (TPSA) is 37.9 Å². The quantitative estimate of drug-likeness (QED) is 0.492. The molecule has 27 heavy (non-hydrogen) atoms. The van der Waals surface area contributed by atoms with Gasteiger partial charge in [0.15, 0.2) is 0 Å². The van der Waals surface area contributed by atoms with Crippen molar-refractivity contribution in [3.8, 4) is 16.9 Å². The number of fused-ring (bicyclic) bond motifs is 1. The number of alkyl halides is 3. The third kappa shape index (κ3) is 3.79. The predicted octanol–water partition coefficient (Wildman–Crippen LogP) is 5.83. The Labute approximate surface area is 153 Å². The van der Waals surface area contributed by atoms with Gasteiger partial charge in [-0.15, -0.1) is 0 Å². The highest BCUT2D eigenvalue weighted by Crippen LogP contribution is 2.30. The van der Waals surface area contributed by atoms with Gasteiger partial charge >= 0.3 is 6.18 Å². The van der Waals surface area contributed by atoms with Gasteiger partial charge in [0.2, 0.25) is 0 Å². The van der Waals surface area contributed by atoms with Crippen molar-refractivity contribution in [2.24, 2.45) is 0 Å². The minimum Gasteiger partial charge on any atom is -0.486 e. The number of hydrogen-bond donors (Lipinski definition) is 1. The molecule has 0 aliphatic rings. The van der Waals surface area contributed by atoms with Gasteiger partial charge < -0.3 is 9.72 Å². The Balaban J connectivity index is 1.49. The summed E-state index contributed by atoms with van der Waals surface area (Å²) in [6.45, 7) is 0.140. The summed E-state index contributed by atoms with van der Waals surface area (Å²) in [5, 5.41) is 0. The zero-order valence-corrected chi connectivity index (χ0v) is 14.1. The molecular weight excluding hydrogens is 353 g/mol.